The van der Waals surface area contributed by atoms with Crippen LogP contribution >= 0.6 is 0 Å². The Bertz CT molecular complexity index is 1440. The first-order valence-electron chi connectivity index (χ1n) is 18.5. The zero-order chi connectivity index (χ0) is 34.2. The highest BCUT2D eigenvalue weighted by molar-refractivity contribution is 5.90. The van der Waals surface area contributed by atoms with Gasteiger partial charge in [-0.2, -0.15) is 0 Å². The van der Waals surface area contributed by atoms with Gasteiger partial charge in [0.1, 0.15) is 0 Å². The Morgan fingerprint density at radius 3 is 2.26 bits per heavy atom. The van der Waals surface area contributed by atoms with Gasteiger partial charge >= 0.3 is 5.97 Å². The van der Waals surface area contributed by atoms with Crippen LogP contribution in [-0.4, -0.2) is 50.1 Å². The molecule has 4 fully saturated rings. The third-order valence-electron chi connectivity index (χ3n) is 15.4. The van der Waals surface area contributed by atoms with Gasteiger partial charge in [-0.25, -0.2) is 4.79 Å². The Balaban J connectivity index is 1.31. The van der Waals surface area contributed by atoms with Crippen LogP contribution in [0.2, 0.25) is 0 Å². The number of amides is 1. The number of hydrogen-bond donors (Lipinski definition) is 1. The molecule has 1 amide bonds. The van der Waals surface area contributed by atoms with Crippen molar-refractivity contribution in [2.45, 2.75) is 111 Å². The van der Waals surface area contributed by atoms with Crippen LogP contribution in [0.4, 0.5) is 0 Å². The second-order valence-corrected chi connectivity index (χ2v) is 18.1. The van der Waals surface area contributed by atoms with Crippen molar-refractivity contribution in [2.24, 2.45) is 51.2 Å². The SMILES string of the molecule is C=C(C)[C@@H]1CC[C@]2(NC(=O)CCN(C)C)CC[C@]3(C)[C@H](CC[C@@H]4[C@@]5(C)CC=C(c6ccc(C(=O)OC)cc6)C(C)(C)[C@@H]5CC[C@]43C)[C@@H]12. The van der Waals surface area contributed by atoms with Crippen LogP contribution in [0.25, 0.3) is 5.57 Å². The standard InChI is InChI=1S/C42H62N2O3/c1-27(2)30-17-23-42(43-35(45)20-26-44(8)9)25-24-40(6)32(36(30)42)15-16-34-39(5)21-18-31(28-11-13-29(14-12-28)37(46)47-10)38(3,4)33(39)19-22-41(34,40)7/h11-14,18,30,32-34,36H,1,15-17,19-26H2,2-10H3,(H,43,45)/t30-,32+,33-,34+,36+,39-,40+,41+,42-/m0/s1. The molecule has 0 aliphatic heterocycles. The van der Waals surface area contributed by atoms with Crippen molar-refractivity contribution >= 4 is 17.4 Å². The molecule has 0 heterocycles. The summed E-state index contributed by atoms with van der Waals surface area (Å²) in [5, 5.41) is 3.73. The van der Waals surface area contributed by atoms with E-state index in [1.165, 1.54) is 55.9 Å². The summed E-state index contributed by atoms with van der Waals surface area (Å²) < 4.78 is 4.95. The summed E-state index contributed by atoms with van der Waals surface area (Å²) in [5.74, 6) is 2.79. The highest BCUT2D eigenvalue weighted by Crippen LogP contribution is 2.76. The molecule has 258 valence electrons. The number of rotatable bonds is 7. The molecule has 1 aromatic carbocycles. The number of carbonyl (C=O) groups excluding carboxylic acids is 2. The topological polar surface area (TPSA) is 58.6 Å². The van der Waals surface area contributed by atoms with Crippen molar-refractivity contribution in [1.29, 1.82) is 0 Å². The number of methoxy groups -OCH3 is 1. The van der Waals surface area contributed by atoms with Crippen LogP contribution in [0.3, 0.4) is 0 Å². The molecule has 0 bridgehead atoms. The minimum Gasteiger partial charge on any atom is -0.465 e. The molecule has 5 heteroatoms. The zero-order valence-electron chi connectivity index (χ0n) is 30.9. The fraction of sp³-hybridized carbons (Fsp3) is 0.714. The number of allylic oxidation sites excluding steroid dienone is 3. The molecular formula is C42H62N2O3. The van der Waals surface area contributed by atoms with Gasteiger partial charge in [-0.15, -0.1) is 0 Å². The molecule has 0 unspecified atom stereocenters. The van der Waals surface area contributed by atoms with Crippen LogP contribution in [0.1, 0.15) is 122 Å². The van der Waals surface area contributed by atoms with Gasteiger partial charge in [0.2, 0.25) is 5.91 Å². The van der Waals surface area contributed by atoms with Crippen molar-refractivity contribution in [2.75, 3.05) is 27.7 Å². The highest BCUT2D eigenvalue weighted by Gasteiger charge is 2.70. The molecule has 47 heavy (non-hydrogen) atoms. The molecule has 0 saturated heterocycles. The summed E-state index contributed by atoms with van der Waals surface area (Å²) >= 11 is 0. The number of esters is 1. The second-order valence-electron chi connectivity index (χ2n) is 18.1. The van der Waals surface area contributed by atoms with Crippen molar-refractivity contribution in [3.8, 4) is 0 Å². The maximum atomic E-state index is 13.4. The molecule has 1 aromatic rings. The molecule has 5 nitrogen and oxygen atoms in total. The van der Waals surface area contributed by atoms with E-state index in [1.54, 1.807) is 0 Å². The molecule has 9 atom stereocenters. The number of fused-ring (bicyclic) bond motifs is 7. The van der Waals surface area contributed by atoms with Crippen LogP contribution in [0, 0.1) is 51.2 Å². The van der Waals surface area contributed by atoms with E-state index in [2.05, 4.69) is 90.6 Å². The first kappa shape index (κ1) is 34.5. The Kier molecular flexibility index (Phi) is 8.71. The smallest absolute Gasteiger partial charge is 0.337 e. The lowest BCUT2D eigenvalue weighted by atomic mass is 9.33. The minimum atomic E-state index is -0.282. The first-order valence-corrected chi connectivity index (χ1v) is 18.5. The third kappa shape index (κ3) is 5.19. The number of carbonyl (C=O) groups is 2. The van der Waals surface area contributed by atoms with Crippen molar-refractivity contribution in [1.82, 2.24) is 10.2 Å². The van der Waals surface area contributed by atoms with Crippen molar-refractivity contribution in [3.05, 3.63) is 53.6 Å². The van der Waals surface area contributed by atoms with E-state index in [0.717, 1.165) is 32.2 Å². The lowest BCUT2D eigenvalue weighted by Gasteiger charge is -2.72. The summed E-state index contributed by atoms with van der Waals surface area (Å²) in [7, 11) is 5.54. The van der Waals surface area contributed by atoms with E-state index in [-0.39, 0.29) is 39.1 Å². The van der Waals surface area contributed by atoms with Crippen LogP contribution < -0.4 is 5.32 Å². The molecule has 4 saturated carbocycles. The Labute approximate surface area is 285 Å². The lowest BCUT2D eigenvalue weighted by molar-refractivity contribution is -0.219. The first-order chi connectivity index (χ1) is 22.0. The number of nitrogens with one attached hydrogen (secondary N) is 1. The summed E-state index contributed by atoms with van der Waals surface area (Å²) in [4.78, 5) is 27.7. The molecule has 0 radical (unpaired) electrons. The van der Waals surface area contributed by atoms with E-state index in [1.807, 2.05) is 12.1 Å². The normalized spacial score (nSPS) is 40.3. The van der Waals surface area contributed by atoms with E-state index in [4.69, 9.17) is 4.74 Å². The number of nitrogens with zero attached hydrogens (tertiary/aromatic N) is 1. The Morgan fingerprint density at radius 2 is 1.62 bits per heavy atom. The maximum absolute atomic E-state index is 13.4. The molecule has 5 aliphatic carbocycles. The van der Waals surface area contributed by atoms with Crippen molar-refractivity contribution < 1.29 is 14.3 Å². The third-order valence-corrected chi connectivity index (χ3v) is 15.4. The predicted molar refractivity (Wildman–Crippen MR) is 192 cm³/mol. The molecule has 5 aliphatic rings. The molecule has 0 aromatic heterocycles. The summed E-state index contributed by atoms with van der Waals surface area (Å²) in [5.41, 5.74) is 5.27. The van der Waals surface area contributed by atoms with Gasteiger partial charge in [0, 0.05) is 18.5 Å². The molecular weight excluding hydrogens is 580 g/mol. The van der Waals surface area contributed by atoms with Crippen LogP contribution in [0.15, 0.2) is 42.5 Å². The fourth-order valence-electron chi connectivity index (χ4n) is 13.0. The fourth-order valence-corrected chi connectivity index (χ4v) is 13.0. The van der Waals surface area contributed by atoms with Gasteiger partial charge in [0.15, 0.2) is 0 Å². The Morgan fingerprint density at radius 1 is 0.915 bits per heavy atom. The zero-order valence-corrected chi connectivity index (χ0v) is 30.9. The van der Waals surface area contributed by atoms with Gasteiger partial charge in [0.25, 0.3) is 0 Å². The maximum Gasteiger partial charge on any atom is 0.337 e. The summed E-state index contributed by atoms with van der Waals surface area (Å²) in [6.45, 7) is 20.6. The van der Waals surface area contributed by atoms with Gasteiger partial charge in [0.05, 0.1) is 12.7 Å². The van der Waals surface area contributed by atoms with E-state index in [0.29, 0.717) is 41.6 Å². The molecule has 1 N–H and O–H groups in total. The summed E-state index contributed by atoms with van der Waals surface area (Å²) in [6.07, 6.45) is 13.9. The molecule has 6 rings (SSSR count). The Hall–Kier alpha value is -2.40. The highest BCUT2D eigenvalue weighted by atomic mass is 16.5. The number of benzene rings is 1. The van der Waals surface area contributed by atoms with Gasteiger partial charge in [-0.05, 0) is 153 Å². The van der Waals surface area contributed by atoms with Gasteiger partial charge < -0.3 is 15.0 Å². The monoisotopic (exact) mass is 642 g/mol. The van der Waals surface area contributed by atoms with Gasteiger partial charge in [-0.3, -0.25) is 4.79 Å². The van der Waals surface area contributed by atoms with Gasteiger partial charge in [-0.1, -0.05) is 65.0 Å². The van der Waals surface area contributed by atoms with E-state index < -0.39 is 0 Å². The quantitative estimate of drug-likeness (QED) is 0.238. The van der Waals surface area contributed by atoms with Crippen LogP contribution in [0.5, 0.6) is 0 Å². The average molecular weight is 643 g/mol. The van der Waals surface area contributed by atoms with Crippen LogP contribution in [-0.2, 0) is 9.53 Å². The van der Waals surface area contributed by atoms with Crippen molar-refractivity contribution in [3.63, 3.8) is 0 Å². The van der Waals surface area contributed by atoms with E-state index in [9.17, 15) is 9.59 Å². The average Bonchev–Trinajstić information content (AvgIpc) is 3.39. The number of hydrogen-bond acceptors (Lipinski definition) is 4. The van der Waals surface area contributed by atoms with E-state index >= 15 is 0 Å². The summed E-state index contributed by atoms with van der Waals surface area (Å²) in [6, 6.07) is 8.08. The number of ether oxygens (including phenoxy) is 1. The lowest BCUT2D eigenvalue weighted by Crippen LogP contribution is -2.68. The predicted octanol–water partition coefficient (Wildman–Crippen LogP) is 8.94. The minimum absolute atomic E-state index is 0.0356. The second kappa shape index (κ2) is 11.9. The largest absolute Gasteiger partial charge is 0.465 e. The molecule has 0 spiro atoms.